The lowest BCUT2D eigenvalue weighted by Gasteiger charge is -2.29. The summed E-state index contributed by atoms with van der Waals surface area (Å²) >= 11 is 0. The smallest absolute Gasteiger partial charge is 0.227 e. The van der Waals surface area contributed by atoms with Crippen LogP contribution < -0.4 is 10.6 Å². The Morgan fingerprint density at radius 2 is 2.17 bits per heavy atom. The Kier molecular flexibility index (Phi) is 4.33. The molecule has 98 valence electrons. The first kappa shape index (κ1) is 13.1. The largest absolute Gasteiger partial charge is 0.396 e. The van der Waals surface area contributed by atoms with Crippen molar-refractivity contribution in [2.24, 2.45) is 5.73 Å². The lowest BCUT2D eigenvalue weighted by molar-refractivity contribution is -0.118. The van der Waals surface area contributed by atoms with Crippen LogP contribution in [0.1, 0.15) is 24.0 Å². The number of aliphatic hydroxyl groups is 1. The molecule has 4 heteroatoms. The van der Waals surface area contributed by atoms with E-state index < -0.39 is 0 Å². The van der Waals surface area contributed by atoms with E-state index >= 15 is 0 Å². The number of anilines is 1. The summed E-state index contributed by atoms with van der Waals surface area (Å²) in [5.41, 5.74) is 9.01. The first-order chi connectivity index (χ1) is 8.76. The summed E-state index contributed by atoms with van der Waals surface area (Å²) in [6, 6.07) is 6.20. The molecule has 0 unspecified atom stereocenters. The second-order valence-electron chi connectivity index (χ2n) is 4.62. The summed E-state index contributed by atoms with van der Waals surface area (Å²) in [6.07, 6.45) is 2.86. The van der Waals surface area contributed by atoms with Gasteiger partial charge in [0.25, 0.3) is 0 Å². The minimum absolute atomic E-state index is 0.115. The summed E-state index contributed by atoms with van der Waals surface area (Å²) in [5.74, 6) is 0.155. The second-order valence-corrected chi connectivity index (χ2v) is 4.62. The van der Waals surface area contributed by atoms with Crippen LogP contribution in [0.4, 0.5) is 5.69 Å². The monoisotopic (exact) mass is 248 g/mol. The third-order valence-electron chi connectivity index (χ3n) is 3.32. The lowest BCUT2D eigenvalue weighted by Crippen LogP contribution is -2.36. The number of rotatable bonds is 5. The summed E-state index contributed by atoms with van der Waals surface area (Å²) in [7, 11) is 0. The van der Waals surface area contributed by atoms with E-state index in [1.165, 1.54) is 11.1 Å². The first-order valence-corrected chi connectivity index (χ1v) is 6.49. The van der Waals surface area contributed by atoms with E-state index in [2.05, 4.69) is 6.07 Å². The zero-order valence-electron chi connectivity index (χ0n) is 10.6. The number of aryl methyl sites for hydroxylation is 1. The predicted molar refractivity (Wildman–Crippen MR) is 71.6 cm³/mol. The highest BCUT2D eigenvalue weighted by atomic mass is 16.3. The van der Waals surface area contributed by atoms with E-state index in [1.807, 2.05) is 12.1 Å². The highest BCUT2D eigenvalue weighted by Gasteiger charge is 2.23. The van der Waals surface area contributed by atoms with Gasteiger partial charge in [-0.3, -0.25) is 4.79 Å². The van der Waals surface area contributed by atoms with Crippen LogP contribution in [0.2, 0.25) is 0 Å². The van der Waals surface area contributed by atoms with Gasteiger partial charge in [-0.05, 0) is 43.0 Å². The SMILES string of the molecule is NCCc1ccc2c(c1)CCC(=O)N2CCCO. The Morgan fingerprint density at radius 3 is 2.89 bits per heavy atom. The number of amides is 1. The molecule has 4 nitrogen and oxygen atoms in total. The highest BCUT2D eigenvalue weighted by Crippen LogP contribution is 2.29. The molecule has 1 amide bonds. The Hall–Kier alpha value is -1.39. The molecule has 0 saturated carbocycles. The van der Waals surface area contributed by atoms with Crippen LogP contribution in [-0.4, -0.2) is 30.7 Å². The molecule has 0 aromatic heterocycles. The fourth-order valence-electron chi connectivity index (χ4n) is 2.41. The van der Waals surface area contributed by atoms with E-state index in [0.29, 0.717) is 25.9 Å². The molecule has 18 heavy (non-hydrogen) atoms. The van der Waals surface area contributed by atoms with Gasteiger partial charge in [0.15, 0.2) is 0 Å². The molecule has 1 aliphatic rings. The Labute approximate surface area is 107 Å². The molecule has 0 bridgehead atoms. The van der Waals surface area contributed by atoms with Crippen LogP contribution in [0.15, 0.2) is 18.2 Å². The van der Waals surface area contributed by atoms with Crippen molar-refractivity contribution in [1.82, 2.24) is 0 Å². The van der Waals surface area contributed by atoms with Gasteiger partial charge in [-0.15, -0.1) is 0 Å². The van der Waals surface area contributed by atoms with Crippen LogP contribution in [0.5, 0.6) is 0 Å². The Bertz CT molecular complexity index is 432. The van der Waals surface area contributed by atoms with Gasteiger partial charge in [0, 0.05) is 25.3 Å². The van der Waals surface area contributed by atoms with Crippen LogP contribution in [-0.2, 0) is 17.6 Å². The zero-order chi connectivity index (χ0) is 13.0. The third-order valence-corrected chi connectivity index (χ3v) is 3.32. The molecule has 0 spiro atoms. The highest BCUT2D eigenvalue weighted by molar-refractivity contribution is 5.96. The number of benzene rings is 1. The number of fused-ring (bicyclic) bond motifs is 1. The maximum Gasteiger partial charge on any atom is 0.227 e. The molecular weight excluding hydrogens is 228 g/mol. The van der Waals surface area contributed by atoms with E-state index in [1.54, 1.807) is 4.90 Å². The molecule has 1 heterocycles. The van der Waals surface area contributed by atoms with E-state index in [-0.39, 0.29) is 12.5 Å². The summed E-state index contributed by atoms with van der Waals surface area (Å²) in [6.45, 7) is 1.36. The van der Waals surface area contributed by atoms with Crippen molar-refractivity contribution in [3.8, 4) is 0 Å². The number of aliphatic hydroxyl groups excluding tert-OH is 1. The van der Waals surface area contributed by atoms with Crippen LogP contribution in [0.25, 0.3) is 0 Å². The molecule has 0 fully saturated rings. The number of nitrogens with zero attached hydrogens (tertiary/aromatic N) is 1. The number of hydrogen-bond acceptors (Lipinski definition) is 3. The van der Waals surface area contributed by atoms with Gasteiger partial charge in [-0.25, -0.2) is 0 Å². The van der Waals surface area contributed by atoms with Gasteiger partial charge in [0.1, 0.15) is 0 Å². The topological polar surface area (TPSA) is 66.6 Å². The molecule has 2 rings (SSSR count). The number of nitrogens with two attached hydrogens (primary N) is 1. The fraction of sp³-hybridized carbons (Fsp3) is 0.500. The lowest BCUT2D eigenvalue weighted by atomic mass is 9.97. The predicted octanol–water partition coefficient (Wildman–Crippen LogP) is 0.849. The Balaban J connectivity index is 2.24. The molecule has 0 aliphatic carbocycles. The summed E-state index contributed by atoms with van der Waals surface area (Å²) in [5, 5.41) is 8.89. The van der Waals surface area contributed by atoms with Crippen LogP contribution >= 0.6 is 0 Å². The summed E-state index contributed by atoms with van der Waals surface area (Å²) in [4.78, 5) is 13.7. The third kappa shape index (κ3) is 2.71. The molecule has 0 saturated heterocycles. The van der Waals surface area contributed by atoms with Gasteiger partial charge in [-0.2, -0.15) is 0 Å². The summed E-state index contributed by atoms with van der Waals surface area (Å²) < 4.78 is 0. The number of hydrogen-bond donors (Lipinski definition) is 2. The minimum atomic E-state index is 0.115. The van der Waals surface area contributed by atoms with Gasteiger partial charge in [0.2, 0.25) is 5.91 Å². The first-order valence-electron chi connectivity index (χ1n) is 6.49. The molecule has 3 N–H and O–H groups in total. The van der Waals surface area contributed by atoms with Gasteiger partial charge < -0.3 is 15.7 Å². The van der Waals surface area contributed by atoms with Gasteiger partial charge >= 0.3 is 0 Å². The average molecular weight is 248 g/mol. The van der Waals surface area contributed by atoms with Crippen molar-refractivity contribution in [2.45, 2.75) is 25.7 Å². The second kappa shape index (κ2) is 5.98. The van der Waals surface area contributed by atoms with E-state index in [4.69, 9.17) is 10.8 Å². The number of carbonyl (C=O) groups is 1. The van der Waals surface area contributed by atoms with Crippen LogP contribution in [0.3, 0.4) is 0 Å². The standard InChI is InChI=1S/C14H20N2O2/c15-7-6-11-2-4-13-12(10-11)3-5-14(18)16(13)8-1-9-17/h2,4,10,17H,1,3,5-9,15H2. The zero-order valence-corrected chi connectivity index (χ0v) is 10.6. The van der Waals surface area contributed by atoms with Gasteiger partial charge in [0.05, 0.1) is 0 Å². The van der Waals surface area contributed by atoms with Crippen molar-refractivity contribution < 1.29 is 9.90 Å². The normalized spacial score (nSPS) is 14.8. The van der Waals surface area contributed by atoms with Crippen molar-refractivity contribution in [1.29, 1.82) is 0 Å². The fourth-order valence-corrected chi connectivity index (χ4v) is 2.41. The Morgan fingerprint density at radius 1 is 1.33 bits per heavy atom. The van der Waals surface area contributed by atoms with Crippen molar-refractivity contribution in [3.05, 3.63) is 29.3 Å². The molecule has 1 aromatic carbocycles. The maximum atomic E-state index is 11.9. The molecule has 1 aromatic rings. The quantitative estimate of drug-likeness (QED) is 0.812. The van der Waals surface area contributed by atoms with Gasteiger partial charge in [-0.1, -0.05) is 12.1 Å². The molecule has 0 radical (unpaired) electrons. The maximum absolute atomic E-state index is 11.9. The van der Waals surface area contributed by atoms with E-state index in [0.717, 1.165) is 18.5 Å². The molecule has 0 atom stereocenters. The van der Waals surface area contributed by atoms with Crippen molar-refractivity contribution >= 4 is 11.6 Å². The van der Waals surface area contributed by atoms with Crippen LogP contribution in [0, 0.1) is 0 Å². The molecular formula is C14H20N2O2. The van der Waals surface area contributed by atoms with E-state index in [9.17, 15) is 4.79 Å². The van der Waals surface area contributed by atoms with Crippen molar-refractivity contribution in [3.63, 3.8) is 0 Å². The average Bonchev–Trinajstić information content (AvgIpc) is 2.38. The van der Waals surface area contributed by atoms with Crippen molar-refractivity contribution in [2.75, 3.05) is 24.6 Å². The number of carbonyl (C=O) groups excluding carboxylic acids is 1. The molecule has 1 aliphatic heterocycles. The minimum Gasteiger partial charge on any atom is -0.396 e.